The Hall–Kier alpha value is -2.90. The zero-order valence-electron chi connectivity index (χ0n) is 16.4. The van der Waals surface area contributed by atoms with Gasteiger partial charge in [-0.05, 0) is 43.4 Å². The fourth-order valence-corrected chi connectivity index (χ4v) is 3.25. The first-order chi connectivity index (χ1) is 13.6. The summed E-state index contributed by atoms with van der Waals surface area (Å²) >= 11 is 0. The van der Waals surface area contributed by atoms with E-state index in [1.807, 2.05) is 31.4 Å². The maximum atomic E-state index is 12.7. The monoisotopic (exact) mass is 384 g/mol. The van der Waals surface area contributed by atoms with Gasteiger partial charge in [0, 0.05) is 45.0 Å². The van der Waals surface area contributed by atoms with Crippen LogP contribution in [0.1, 0.15) is 30.5 Å². The van der Waals surface area contributed by atoms with Crippen molar-refractivity contribution in [1.82, 2.24) is 25.0 Å². The molecule has 8 heteroatoms. The molecular formula is C20H28N6O2. The van der Waals surface area contributed by atoms with Crippen molar-refractivity contribution >= 4 is 17.6 Å². The maximum Gasteiger partial charge on any atom is 0.239 e. The maximum absolute atomic E-state index is 12.7. The van der Waals surface area contributed by atoms with E-state index >= 15 is 0 Å². The molecule has 0 saturated heterocycles. The second-order valence-electron chi connectivity index (χ2n) is 7.09. The molecule has 0 radical (unpaired) electrons. The highest BCUT2D eigenvalue weighted by molar-refractivity contribution is 5.84. The fraction of sp³-hybridized carbons (Fsp3) is 0.500. The van der Waals surface area contributed by atoms with Gasteiger partial charge in [-0.1, -0.05) is 6.07 Å². The molecule has 0 aliphatic carbocycles. The number of anilines is 1. The molecule has 8 nitrogen and oxygen atoms in total. The molecular weight excluding hydrogens is 356 g/mol. The summed E-state index contributed by atoms with van der Waals surface area (Å²) in [4.78, 5) is 31.2. The number of amides is 2. The molecule has 3 rings (SSSR count). The van der Waals surface area contributed by atoms with Gasteiger partial charge in [-0.2, -0.15) is 5.10 Å². The van der Waals surface area contributed by atoms with Crippen molar-refractivity contribution in [2.45, 2.75) is 32.1 Å². The number of hydrogen-bond acceptors (Lipinski definition) is 5. The molecule has 0 spiro atoms. The second-order valence-corrected chi connectivity index (χ2v) is 7.09. The predicted molar refractivity (Wildman–Crippen MR) is 107 cm³/mol. The van der Waals surface area contributed by atoms with E-state index < -0.39 is 0 Å². The topological polar surface area (TPSA) is 92.2 Å². The van der Waals surface area contributed by atoms with Gasteiger partial charge in [-0.3, -0.25) is 14.3 Å². The zero-order valence-corrected chi connectivity index (χ0v) is 16.4. The van der Waals surface area contributed by atoms with Crippen LogP contribution >= 0.6 is 0 Å². The van der Waals surface area contributed by atoms with E-state index in [0.29, 0.717) is 32.5 Å². The van der Waals surface area contributed by atoms with Gasteiger partial charge in [0.05, 0.1) is 12.7 Å². The number of aromatic nitrogens is 3. The Morgan fingerprint density at radius 1 is 1.21 bits per heavy atom. The average Bonchev–Trinajstić information content (AvgIpc) is 3.11. The molecule has 0 fully saturated rings. The highest BCUT2D eigenvalue weighted by Crippen LogP contribution is 2.10. The Morgan fingerprint density at radius 2 is 2.07 bits per heavy atom. The third-order valence-electron chi connectivity index (χ3n) is 4.74. The lowest BCUT2D eigenvalue weighted by atomic mass is 10.1. The van der Waals surface area contributed by atoms with Crippen molar-refractivity contribution in [3.05, 3.63) is 41.9 Å². The van der Waals surface area contributed by atoms with E-state index in [1.54, 1.807) is 15.8 Å². The van der Waals surface area contributed by atoms with Gasteiger partial charge in [0.1, 0.15) is 5.82 Å². The van der Waals surface area contributed by atoms with Gasteiger partial charge < -0.3 is 15.5 Å². The van der Waals surface area contributed by atoms with E-state index in [0.717, 1.165) is 36.3 Å². The molecule has 2 aromatic rings. The van der Waals surface area contributed by atoms with Gasteiger partial charge in [-0.15, -0.1) is 0 Å². The number of pyridine rings is 1. The second kappa shape index (κ2) is 9.87. The van der Waals surface area contributed by atoms with Crippen LogP contribution in [-0.2, 0) is 29.5 Å². The van der Waals surface area contributed by atoms with Crippen molar-refractivity contribution in [1.29, 1.82) is 0 Å². The Balaban J connectivity index is 1.59. The molecule has 1 aliphatic heterocycles. The molecule has 2 amide bonds. The van der Waals surface area contributed by atoms with Gasteiger partial charge in [0.2, 0.25) is 11.8 Å². The lowest BCUT2D eigenvalue weighted by molar-refractivity contribution is -0.136. The molecule has 28 heavy (non-hydrogen) atoms. The third-order valence-corrected chi connectivity index (χ3v) is 4.74. The first-order valence-electron chi connectivity index (χ1n) is 9.82. The van der Waals surface area contributed by atoms with Gasteiger partial charge in [0.25, 0.3) is 0 Å². The Bertz CT molecular complexity index is 803. The molecule has 2 bridgehead atoms. The van der Waals surface area contributed by atoms with E-state index in [1.165, 1.54) is 0 Å². The lowest BCUT2D eigenvalue weighted by Crippen LogP contribution is -2.42. The normalized spacial score (nSPS) is 16.0. The summed E-state index contributed by atoms with van der Waals surface area (Å²) in [7, 11) is 1.86. The predicted octanol–water partition coefficient (Wildman–Crippen LogP) is 1.14. The highest BCUT2D eigenvalue weighted by Gasteiger charge is 2.17. The first kappa shape index (κ1) is 19.9. The van der Waals surface area contributed by atoms with Crippen LogP contribution in [0.4, 0.5) is 5.82 Å². The average molecular weight is 384 g/mol. The fourth-order valence-electron chi connectivity index (χ4n) is 3.25. The molecule has 150 valence electrons. The zero-order chi connectivity index (χ0) is 19.8. The van der Waals surface area contributed by atoms with Crippen LogP contribution in [0.2, 0.25) is 0 Å². The lowest BCUT2D eigenvalue weighted by Gasteiger charge is -2.22. The third kappa shape index (κ3) is 6.07. The summed E-state index contributed by atoms with van der Waals surface area (Å²) in [6.45, 7) is 1.77. The van der Waals surface area contributed by atoms with Crippen LogP contribution in [0.15, 0.2) is 30.6 Å². The van der Waals surface area contributed by atoms with E-state index in [4.69, 9.17) is 0 Å². The summed E-state index contributed by atoms with van der Waals surface area (Å²) in [5, 5.41) is 10.2. The van der Waals surface area contributed by atoms with Crippen LogP contribution in [0.25, 0.3) is 0 Å². The van der Waals surface area contributed by atoms with Crippen molar-refractivity contribution < 1.29 is 9.59 Å². The van der Waals surface area contributed by atoms with Crippen molar-refractivity contribution in [3.8, 4) is 0 Å². The standard InChI is InChI=1S/C20H28N6O2/c1-25-14-16(13-23-25)8-9-20(28)26-12-3-2-5-17-6-4-7-18(24-17)21-10-11-22-19(27)15-26/h4,6-7,13-14H,2-3,5,8-12,15H2,1H3,(H,21,24)(H,22,27). The Kier molecular flexibility index (Phi) is 7.00. The molecule has 0 saturated carbocycles. The van der Waals surface area contributed by atoms with Crippen molar-refractivity contribution in [2.24, 2.45) is 7.05 Å². The molecule has 2 aromatic heterocycles. The molecule has 0 unspecified atom stereocenters. The van der Waals surface area contributed by atoms with Gasteiger partial charge in [-0.25, -0.2) is 4.98 Å². The number of rotatable bonds is 3. The number of aryl methyl sites for hydroxylation is 3. The number of nitrogens with zero attached hydrogens (tertiary/aromatic N) is 4. The minimum absolute atomic E-state index is 0.00402. The Morgan fingerprint density at radius 3 is 2.89 bits per heavy atom. The number of fused-ring (bicyclic) bond motifs is 2. The number of carbonyl (C=O) groups is 2. The number of carbonyl (C=O) groups excluding carboxylic acids is 2. The molecule has 1 aliphatic rings. The van der Waals surface area contributed by atoms with Crippen molar-refractivity contribution in [3.63, 3.8) is 0 Å². The molecule has 0 aromatic carbocycles. The van der Waals surface area contributed by atoms with Crippen LogP contribution < -0.4 is 10.6 Å². The quantitative estimate of drug-likeness (QED) is 0.828. The van der Waals surface area contributed by atoms with E-state index in [2.05, 4.69) is 20.7 Å². The molecule has 3 heterocycles. The number of nitrogens with one attached hydrogen (secondary N) is 2. The van der Waals surface area contributed by atoms with Crippen LogP contribution in [0.3, 0.4) is 0 Å². The van der Waals surface area contributed by atoms with Gasteiger partial charge >= 0.3 is 0 Å². The van der Waals surface area contributed by atoms with E-state index in [-0.39, 0.29) is 18.4 Å². The minimum Gasteiger partial charge on any atom is -0.368 e. The van der Waals surface area contributed by atoms with Gasteiger partial charge in [0.15, 0.2) is 0 Å². The first-order valence-corrected chi connectivity index (χ1v) is 9.82. The molecule has 0 atom stereocenters. The summed E-state index contributed by atoms with van der Waals surface area (Å²) in [5.41, 5.74) is 2.07. The summed E-state index contributed by atoms with van der Waals surface area (Å²) in [6.07, 6.45) is 7.32. The summed E-state index contributed by atoms with van der Waals surface area (Å²) in [6, 6.07) is 5.94. The van der Waals surface area contributed by atoms with Crippen LogP contribution in [-0.4, -0.2) is 57.7 Å². The highest BCUT2D eigenvalue weighted by atomic mass is 16.2. The molecule has 2 N–H and O–H groups in total. The minimum atomic E-state index is -0.129. The van der Waals surface area contributed by atoms with Crippen molar-refractivity contribution in [2.75, 3.05) is 31.5 Å². The summed E-state index contributed by atoms with van der Waals surface area (Å²) in [5.74, 6) is 0.704. The smallest absolute Gasteiger partial charge is 0.239 e. The van der Waals surface area contributed by atoms with Crippen LogP contribution in [0.5, 0.6) is 0 Å². The summed E-state index contributed by atoms with van der Waals surface area (Å²) < 4.78 is 1.73. The van der Waals surface area contributed by atoms with E-state index in [9.17, 15) is 9.59 Å². The van der Waals surface area contributed by atoms with Crippen LogP contribution in [0, 0.1) is 0 Å². The largest absolute Gasteiger partial charge is 0.368 e. The number of hydrogen-bond donors (Lipinski definition) is 2. The SMILES string of the molecule is Cn1cc(CCC(=O)N2CCCCc3cccc(n3)NCCNC(=O)C2)cn1. The Labute approximate surface area is 165 Å².